The number of amides is 2. The summed E-state index contributed by atoms with van der Waals surface area (Å²) in [5.74, 6) is -1.59. The molecule has 1 aromatic carbocycles. The molecule has 4 rings (SSSR count). The molecule has 1 fully saturated rings. The number of aliphatic imine (C=N–C) groups is 1. The molecule has 2 atom stereocenters. The van der Waals surface area contributed by atoms with Crippen LogP contribution in [0, 0.1) is 5.92 Å². The molecule has 1 aromatic heterocycles. The van der Waals surface area contributed by atoms with E-state index in [2.05, 4.69) is 10.3 Å². The molecule has 2 amide bonds. The molecule has 1 N–H and O–H groups in total. The van der Waals surface area contributed by atoms with Crippen LogP contribution in [0.1, 0.15) is 22.2 Å². The summed E-state index contributed by atoms with van der Waals surface area (Å²) < 4.78 is 10.0. The van der Waals surface area contributed by atoms with Crippen LogP contribution in [0.25, 0.3) is 0 Å². The van der Waals surface area contributed by atoms with Gasteiger partial charge in [-0.25, -0.2) is 4.99 Å². The highest BCUT2D eigenvalue weighted by molar-refractivity contribution is 6.08. The number of carbonyl (C=O) groups is 3. The summed E-state index contributed by atoms with van der Waals surface area (Å²) in [6, 6.07) is 11.8. The molecule has 30 heavy (non-hydrogen) atoms. The molecule has 1 saturated heterocycles. The molecule has 2 aliphatic rings. The molecule has 0 radical (unpaired) electrons. The number of hydrogen-bond acceptors (Lipinski definition) is 7. The fourth-order valence-corrected chi connectivity index (χ4v) is 3.69. The standard InChI is InChI=1S/C21H22N4O5/c1-29-20(28)16-17(14-6-3-2-4-7-14)22-21(23-18(16)26)25-11-9-24(10-12-25)19(27)15-8-5-13-30-15/h2-8,13,16-17H,9-12H2,1H3,(H,22,23,26). The van der Waals surface area contributed by atoms with Gasteiger partial charge < -0.3 is 19.0 Å². The van der Waals surface area contributed by atoms with E-state index >= 15 is 0 Å². The fourth-order valence-electron chi connectivity index (χ4n) is 3.69. The van der Waals surface area contributed by atoms with Crippen molar-refractivity contribution in [2.24, 2.45) is 10.9 Å². The Labute approximate surface area is 173 Å². The Hall–Kier alpha value is -3.62. The number of guanidine groups is 1. The zero-order valence-electron chi connectivity index (χ0n) is 16.5. The second kappa shape index (κ2) is 8.40. The quantitative estimate of drug-likeness (QED) is 0.599. The van der Waals surface area contributed by atoms with Crippen LogP contribution in [0.4, 0.5) is 0 Å². The molecule has 2 aromatic rings. The first-order chi connectivity index (χ1) is 14.6. The molecule has 0 aliphatic carbocycles. The first kappa shape index (κ1) is 19.7. The van der Waals surface area contributed by atoms with E-state index in [1.165, 1.54) is 13.4 Å². The number of carbonyl (C=O) groups excluding carboxylic acids is 3. The Morgan fingerprint density at radius 3 is 2.47 bits per heavy atom. The maximum absolute atomic E-state index is 12.8. The topological polar surface area (TPSA) is 104 Å². The molecule has 0 bridgehead atoms. The number of furan rings is 1. The lowest BCUT2D eigenvalue weighted by molar-refractivity contribution is -0.151. The minimum atomic E-state index is -1.05. The Morgan fingerprint density at radius 1 is 1.10 bits per heavy atom. The van der Waals surface area contributed by atoms with Gasteiger partial charge in [0, 0.05) is 26.2 Å². The van der Waals surface area contributed by atoms with E-state index in [1.54, 1.807) is 17.0 Å². The molecule has 2 unspecified atom stereocenters. The van der Waals surface area contributed by atoms with E-state index in [9.17, 15) is 14.4 Å². The normalized spacial score (nSPS) is 21.6. The van der Waals surface area contributed by atoms with E-state index in [0.29, 0.717) is 37.9 Å². The Kier molecular flexibility index (Phi) is 5.51. The number of benzene rings is 1. The van der Waals surface area contributed by atoms with Crippen molar-refractivity contribution >= 4 is 23.7 Å². The first-order valence-corrected chi connectivity index (χ1v) is 9.67. The highest BCUT2D eigenvalue weighted by Crippen LogP contribution is 2.30. The molecule has 0 saturated carbocycles. The largest absolute Gasteiger partial charge is 0.468 e. The Morgan fingerprint density at radius 2 is 1.83 bits per heavy atom. The van der Waals surface area contributed by atoms with Gasteiger partial charge in [-0.2, -0.15) is 0 Å². The zero-order valence-corrected chi connectivity index (χ0v) is 16.5. The highest BCUT2D eigenvalue weighted by Gasteiger charge is 2.42. The molecule has 156 valence electrons. The van der Waals surface area contributed by atoms with Gasteiger partial charge in [0.15, 0.2) is 11.7 Å². The molecule has 2 aliphatic heterocycles. The number of piperazine rings is 1. The molecule has 9 heteroatoms. The number of ether oxygens (including phenoxy) is 1. The van der Waals surface area contributed by atoms with Crippen LogP contribution in [-0.4, -0.2) is 66.8 Å². The van der Waals surface area contributed by atoms with Crippen molar-refractivity contribution in [3.8, 4) is 0 Å². The maximum Gasteiger partial charge on any atom is 0.320 e. The van der Waals surface area contributed by atoms with Gasteiger partial charge in [0.1, 0.15) is 6.04 Å². The van der Waals surface area contributed by atoms with Gasteiger partial charge in [0.05, 0.1) is 13.4 Å². The van der Waals surface area contributed by atoms with Gasteiger partial charge in [-0.05, 0) is 17.7 Å². The number of esters is 1. The van der Waals surface area contributed by atoms with Gasteiger partial charge in [-0.3, -0.25) is 19.7 Å². The summed E-state index contributed by atoms with van der Waals surface area (Å²) in [5, 5.41) is 2.74. The molecule has 0 spiro atoms. The predicted molar refractivity (Wildman–Crippen MR) is 106 cm³/mol. The number of methoxy groups -OCH3 is 1. The molecule has 9 nitrogen and oxygen atoms in total. The van der Waals surface area contributed by atoms with Crippen LogP contribution in [-0.2, 0) is 14.3 Å². The molecular weight excluding hydrogens is 388 g/mol. The summed E-state index contributed by atoms with van der Waals surface area (Å²) >= 11 is 0. The van der Waals surface area contributed by atoms with Gasteiger partial charge in [-0.15, -0.1) is 0 Å². The highest BCUT2D eigenvalue weighted by atomic mass is 16.5. The van der Waals surface area contributed by atoms with Crippen LogP contribution in [0.15, 0.2) is 58.1 Å². The first-order valence-electron chi connectivity index (χ1n) is 9.67. The van der Waals surface area contributed by atoms with E-state index < -0.39 is 23.8 Å². The lowest BCUT2D eigenvalue weighted by Gasteiger charge is -2.38. The smallest absolute Gasteiger partial charge is 0.320 e. The fraction of sp³-hybridized carbons (Fsp3) is 0.333. The second-order valence-electron chi connectivity index (χ2n) is 7.05. The van der Waals surface area contributed by atoms with Crippen LogP contribution in [0.5, 0.6) is 0 Å². The third kappa shape index (κ3) is 3.78. The van der Waals surface area contributed by atoms with Crippen molar-refractivity contribution in [2.45, 2.75) is 6.04 Å². The van der Waals surface area contributed by atoms with Crippen molar-refractivity contribution in [3.05, 3.63) is 60.1 Å². The number of rotatable bonds is 3. The summed E-state index contributed by atoms with van der Waals surface area (Å²) in [6.45, 7) is 1.92. The third-order valence-corrected chi connectivity index (χ3v) is 5.29. The Bertz CT molecular complexity index is 949. The van der Waals surface area contributed by atoms with Gasteiger partial charge in [-0.1, -0.05) is 30.3 Å². The van der Waals surface area contributed by atoms with Crippen molar-refractivity contribution in [3.63, 3.8) is 0 Å². The van der Waals surface area contributed by atoms with E-state index in [4.69, 9.17) is 9.15 Å². The van der Waals surface area contributed by atoms with Gasteiger partial charge in [0.2, 0.25) is 11.9 Å². The lowest BCUT2D eigenvalue weighted by Crippen LogP contribution is -2.58. The minimum Gasteiger partial charge on any atom is -0.468 e. The van der Waals surface area contributed by atoms with E-state index in [0.717, 1.165) is 5.56 Å². The van der Waals surface area contributed by atoms with Crippen molar-refractivity contribution in [1.82, 2.24) is 15.1 Å². The van der Waals surface area contributed by atoms with Crippen molar-refractivity contribution in [1.29, 1.82) is 0 Å². The minimum absolute atomic E-state index is 0.165. The number of nitrogens with one attached hydrogen (secondary N) is 1. The predicted octanol–water partition coefficient (Wildman–Crippen LogP) is 1.05. The monoisotopic (exact) mass is 410 g/mol. The summed E-state index contributed by atoms with van der Waals surface area (Å²) in [7, 11) is 1.26. The average Bonchev–Trinajstić information content (AvgIpc) is 3.33. The van der Waals surface area contributed by atoms with Crippen molar-refractivity contribution < 1.29 is 23.5 Å². The lowest BCUT2D eigenvalue weighted by atomic mass is 9.91. The van der Waals surface area contributed by atoms with Crippen LogP contribution in [0.3, 0.4) is 0 Å². The SMILES string of the molecule is COC(=O)C1C(=O)NC(N2CCN(C(=O)c3ccco3)CC2)=NC1c1ccccc1. The summed E-state index contributed by atoms with van der Waals surface area (Å²) in [6.07, 6.45) is 1.47. The zero-order chi connectivity index (χ0) is 21.1. The van der Waals surface area contributed by atoms with E-state index in [1.807, 2.05) is 35.2 Å². The maximum atomic E-state index is 12.8. The number of hydrogen-bond donors (Lipinski definition) is 1. The third-order valence-electron chi connectivity index (χ3n) is 5.29. The molecular formula is C21H22N4O5. The average molecular weight is 410 g/mol. The van der Waals surface area contributed by atoms with E-state index in [-0.39, 0.29) is 5.91 Å². The van der Waals surface area contributed by atoms with Crippen LogP contribution in [0.2, 0.25) is 0 Å². The molecule has 3 heterocycles. The summed E-state index contributed by atoms with van der Waals surface area (Å²) in [5.41, 5.74) is 0.756. The number of nitrogens with zero attached hydrogens (tertiary/aromatic N) is 3. The summed E-state index contributed by atoms with van der Waals surface area (Å²) in [4.78, 5) is 45.8. The second-order valence-corrected chi connectivity index (χ2v) is 7.05. The van der Waals surface area contributed by atoms with Crippen LogP contribution < -0.4 is 5.32 Å². The Balaban J connectivity index is 1.52. The van der Waals surface area contributed by atoms with Crippen LogP contribution >= 0.6 is 0 Å². The van der Waals surface area contributed by atoms with Gasteiger partial charge >= 0.3 is 5.97 Å². The van der Waals surface area contributed by atoms with Gasteiger partial charge in [0.25, 0.3) is 5.91 Å². The van der Waals surface area contributed by atoms with Crippen molar-refractivity contribution in [2.75, 3.05) is 33.3 Å².